The fourth-order valence-electron chi connectivity index (χ4n) is 4.88. The van der Waals surface area contributed by atoms with E-state index < -0.39 is 0 Å². The first-order chi connectivity index (χ1) is 15.2. The van der Waals surface area contributed by atoms with Gasteiger partial charge in [0.05, 0.1) is 25.7 Å². The number of likely N-dealkylation sites (tertiary alicyclic amines) is 1. The number of methoxy groups -OCH3 is 1. The van der Waals surface area contributed by atoms with Gasteiger partial charge in [-0.25, -0.2) is 0 Å². The van der Waals surface area contributed by atoms with E-state index in [1.165, 1.54) is 18.4 Å². The van der Waals surface area contributed by atoms with Crippen molar-refractivity contribution in [2.45, 2.75) is 51.2 Å². The summed E-state index contributed by atoms with van der Waals surface area (Å²) in [7, 11) is 1.68. The van der Waals surface area contributed by atoms with E-state index in [-0.39, 0.29) is 23.9 Å². The van der Waals surface area contributed by atoms with E-state index in [2.05, 4.69) is 41.3 Å². The number of nitrogens with zero attached hydrogens (tertiary/aromatic N) is 1. The van der Waals surface area contributed by atoms with Crippen molar-refractivity contribution in [2.24, 2.45) is 5.92 Å². The first-order valence-corrected chi connectivity index (χ1v) is 11.5. The van der Waals surface area contributed by atoms with Crippen molar-refractivity contribution in [2.75, 3.05) is 26.8 Å². The van der Waals surface area contributed by atoms with Gasteiger partial charge >= 0.3 is 5.97 Å². The minimum absolute atomic E-state index is 0.0691. The van der Waals surface area contributed by atoms with Gasteiger partial charge in [0, 0.05) is 25.6 Å². The first-order valence-electron chi connectivity index (χ1n) is 11.5. The smallest absolute Gasteiger partial charge is 0.310 e. The fourth-order valence-corrected chi connectivity index (χ4v) is 4.88. The Balaban J connectivity index is 1.57. The van der Waals surface area contributed by atoms with E-state index in [1.807, 2.05) is 19.1 Å². The second-order valence-electron chi connectivity index (χ2n) is 8.58. The van der Waals surface area contributed by atoms with Crippen LogP contribution in [0.15, 0.2) is 48.5 Å². The maximum atomic E-state index is 12.8. The summed E-state index contributed by atoms with van der Waals surface area (Å²) in [5.41, 5.74) is 2.37. The highest BCUT2D eigenvalue weighted by Gasteiger charge is 2.39. The van der Waals surface area contributed by atoms with Crippen LogP contribution in [0.1, 0.15) is 49.7 Å². The van der Waals surface area contributed by atoms with Crippen LogP contribution in [-0.4, -0.2) is 43.8 Å². The second kappa shape index (κ2) is 10.2. The Labute approximate surface area is 185 Å². The summed E-state index contributed by atoms with van der Waals surface area (Å²) in [6, 6.07) is 16.5. The molecular formula is C26H33NO4. The molecule has 31 heavy (non-hydrogen) atoms. The quantitative estimate of drug-likeness (QED) is 0.571. The Morgan fingerprint density at radius 2 is 1.81 bits per heavy atom. The topological polar surface area (TPSA) is 48.0 Å². The third-order valence-corrected chi connectivity index (χ3v) is 6.45. The van der Waals surface area contributed by atoms with E-state index in [0.717, 1.165) is 43.0 Å². The van der Waals surface area contributed by atoms with Crippen LogP contribution in [0.5, 0.6) is 11.5 Å². The highest BCUT2D eigenvalue weighted by molar-refractivity contribution is 5.74. The number of carbonyl (C=O) groups excluding carboxylic acids is 1. The van der Waals surface area contributed by atoms with Gasteiger partial charge in [-0.1, -0.05) is 36.4 Å². The van der Waals surface area contributed by atoms with E-state index in [1.54, 1.807) is 7.11 Å². The number of carbonyl (C=O) groups is 1. The van der Waals surface area contributed by atoms with Gasteiger partial charge in [0.15, 0.2) is 11.5 Å². The summed E-state index contributed by atoms with van der Waals surface area (Å²) in [5.74, 6) is 1.31. The molecule has 2 atom stereocenters. The van der Waals surface area contributed by atoms with Crippen molar-refractivity contribution in [3.63, 3.8) is 0 Å². The molecule has 5 heteroatoms. The van der Waals surface area contributed by atoms with Gasteiger partial charge in [-0.05, 0) is 55.9 Å². The largest absolute Gasteiger partial charge is 0.493 e. The number of benzene rings is 2. The summed E-state index contributed by atoms with van der Waals surface area (Å²) >= 11 is 0. The summed E-state index contributed by atoms with van der Waals surface area (Å²) in [4.78, 5) is 15.2. The van der Waals surface area contributed by atoms with E-state index in [4.69, 9.17) is 14.2 Å². The molecule has 166 valence electrons. The van der Waals surface area contributed by atoms with E-state index in [9.17, 15) is 4.79 Å². The van der Waals surface area contributed by atoms with Crippen LogP contribution < -0.4 is 9.47 Å². The molecular weight excluding hydrogens is 390 g/mol. The predicted molar refractivity (Wildman–Crippen MR) is 120 cm³/mol. The lowest BCUT2D eigenvalue weighted by Crippen LogP contribution is -2.25. The molecule has 0 radical (unpaired) electrons. The van der Waals surface area contributed by atoms with Crippen LogP contribution in [0.3, 0.4) is 0 Å². The van der Waals surface area contributed by atoms with Crippen LogP contribution in [0.4, 0.5) is 0 Å². The Morgan fingerprint density at radius 3 is 2.52 bits per heavy atom. The third kappa shape index (κ3) is 5.21. The maximum Gasteiger partial charge on any atom is 0.310 e. The Hall–Kier alpha value is -2.53. The van der Waals surface area contributed by atoms with Gasteiger partial charge < -0.3 is 14.2 Å². The molecule has 1 saturated carbocycles. The molecule has 2 aromatic rings. The van der Waals surface area contributed by atoms with Crippen molar-refractivity contribution < 1.29 is 19.0 Å². The lowest BCUT2D eigenvalue weighted by atomic mass is 9.88. The molecule has 1 aliphatic heterocycles. The Bertz CT molecular complexity index is 863. The van der Waals surface area contributed by atoms with Crippen molar-refractivity contribution in [3.8, 4) is 11.5 Å². The molecule has 0 aromatic heterocycles. The van der Waals surface area contributed by atoms with Crippen LogP contribution in [0.2, 0.25) is 0 Å². The van der Waals surface area contributed by atoms with Crippen molar-refractivity contribution in [1.82, 2.24) is 4.90 Å². The Morgan fingerprint density at radius 1 is 1.03 bits per heavy atom. The zero-order valence-electron chi connectivity index (χ0n) is 18.6. The van der Waals surface area contributed by atoms with Gasteiger partial charge in [-0.3, -0.25) is 9.69 Å². The molecule has 4 rings (SSSR count). The molecule has 1 heterocycles. The van der Waals surface area contributed by atoms with Crippen LogP contribution in [0, 0.1) is 5.92 Å². The fraction of sp³-hybridized carbons (Fsp3) is 0.500. The minimum Gasteiger partial charge on any atom is -0.493 e. The average molecular weight is 424 g/mol. The first kappa shape index (κ1) is 21.7. The molecule has 0 bridgehead atoms. The lowest BCUT2D eigenvalue weighted by Gasteiger charge is -2.21. The average Bonchev–Trinajstić information content (AvgIpc) is 3.45. The third-order valence-electron chi connectivity index (χ3n) is 6.45. The van der Waals surface area contributed by atoms with E-state index >= 15 is 0 Å². The van der Waals surface area contributed by atoms with Crippen LogP contribution in [0.25, 0.3) is 0 Å². The highest BCUT2D eigenvalue weighted by Crippen LogP contribution is 2.39. The second-order valence-corrected chi connectivity index (χ2v) is 8.58. The molecule has 2 aliphatic rings. The van der Waals surface area contributed by atoms with Gasteiger partial charge in [0.2, 0.25) is 0 Å². The van der Waals surface area contributed by atoms with Gasteiger partial charge in [-0.15, -0.1) is 0 Å². The lowest BCUT2D eigenvalue weighted by molar-refractivity contribution is -0.148. The molecule has 5 nitrogen and oxygen atoms in total. The monoisotopic (exact) mass is 423 g/mol. The molecule has 0 unspecified atom stereocenters. The summed E-state index contributed by atoms with van der Waals surface area (Å²) in [5, 5.41) is 0. The molecule has 1 saturated heterocycles. The van der Waals surface area contributed by atoms with Gasteiger partial charge in [-0.2, -0.15) is 0 Å². The zero-order chi connectivity index (χ0) is 21.6. The number of rotatable bonds is 8. The summed E-state index contributed by atoms with van der Waals surface area (Å²) < 4.78 is 17.3. The molecule has 0 amide bonds. The number of ether oxygens (including phenoxy) is 3. The number of esters is 1. The standard InChI is InChI=1S/C26H33NO4/c1-3-30-26(28)23-18-27(16-19-9-5-4-6-10-19)17-22(23)20-13-14-24(29-2)25(15-20)31-21-11-7-8-12-21/h4-6,9-10,13-15,21-23H,3,7-8,11-12,16-18H2,1-2H3/t22-,23+/m0/s1. The Kier molecular flexibility index (Phi) is 7.13. The van der Waals surface area contributed by atoms with Gasteiger partial charge in [0.1, 0.15) is 0 Å². The summed E-state index contributed by atoms with van der Waals surface area (Å²) in [6.45, 7) is 4.61. The normalized spacial score (nSPS) is 21.9. The van der Waals surface area contributed by atoms with Crippen molar-refractivity contribution in [3.05, 3.63) is 59.7 Å². The zero-order valence-corrected chi connectivity index (χ0v) is 18.6. The van der Waals surface area contributed by atoms with Crippen LogP contribution >= 0.6 is 0 Å². The van der Waals surface area contributed by atoms with Crippen molar-refractivity contribution in [1.29, 1.82) is 0 Å². The number of hydrogen-bond donors (Lipinski definition) is 0. The molecule has 1 aliphatic carbocycles. The van der Waals surface area contributed by atoms with Crippen molar-refractivity contribution >= 4 is 5.97 Å². The molecule has 0 spiro atoms. The minimum atomic E-state index is -0.184. The molecule has 2 aromatic carbocycles. The van der Waals surface area contributed by atoms with Gasteiger partial charge in [0.25, 0.3) is 0 Å². The summed E-state index contributed by atoms with van der Waals surface area (Å²) in [6.07, 6.45) is 4.87. The SMILES string of the molecule is CCOC(=O)[C@@H]1CN(Cc2ccccc2)C[C@H]1c1ccc(OC)c(OC2CCCC2)c1. The molecule has 2 fully saturated rings. The van der Waals surface area contributed by atoms with E-state index in [0.29, 0.717) is 13.2 Å². The maximum absolute atomic E-state index is 12.8. The molecule has 0 N–H and O–H groups in total. The van der Waals surface area contributed by atoms with Crippen LogP contribution in [-0.2, 0) is 16.1 Å². The predicted octanol–water partition coefficient (Wildman–Crippen LogP) is 4.80. The highest BCUT2D eigenvalue weighted by atomic mass is 16.5. The number of hydrogen-bond acceptors (Lipinski definition) is 5.